The molecule has 86 valence electrons. The number of rotatable bonds is 1. The van der Waals surface area contributed by atoms with Gasteiger partial charge in [-0.2, -0.15) is 4.99 Å². The quantitative estimate of drug-likeness (QED) is 0.329. The molecule has 1 aromatic carbocycles. The minimum absolute atomic E-state index is 0.154. The molecular formula is C9H12FN5S. The number of aryl methyl sites for hydroxylation is 1. The van der Waals surface area contributed by atoms with Crippen LogP contribution in [0.3, 0.4) is 0 Å². The van der Waals surface area contributed by atoms with E-state index < -0.39 is 5.82 Å². The number of nitrogens with two attached hydrogens (primary N) is 3. The molecule has 0 amide bonds. The molecule has 0 aromatic heterocycles. The Balaban J connectivity index is 3.15. The normalized spacial score (nSPS) is 11.3. The van der Waals surface area contributed by atoms with Crippen molar-refractivity contribution in [3.8, 4) is 0 Å². The van der Waals surface area contributed by atoms with Crippen LogP contribution in [0, 0.1) is 12.7 Å². The van der Waals surface area contributed by atoms with Gasteiger partial charge in [0.05, 0.1) is 5.69 Å². The minimum Gasteiger partial charge on any atom is -0.370 e. The van der Waals surface area contributed by atoms with Gasteiger partial charge in [-0.1, -0.05) is 0 Å². The van der Waals surface area contributed by atoms with Crippen molar-refractivity contribution in [1.29, 1.82) is 0 Å². The highest BCUT2D eigenvalue weighted by molar-refractivity contribution is 7.80. The molecule has 6 N–H and O–H groups in total. The Hall–Kier alpha value is -1.76. The van der Waals surface area contributed by atoms with Crippen LogP contribution in [-0.2, 0) is 0 Å². The van der Waals surface area contributed by atoms with E-state index in [0.29, 0.717) is 10.5 Å². The van der Waals surface area contributed by atoms with Gasteiger partial charge in [0.15, 0.2) is 5.96 Å². The molecule has 0 aliphatic rings. The van der Waals surface area contributed by atoms with Crippen molar-refractivity contribution in [1.82, 2.24) is 0 Å². The maximum atomic E-state index is 13.2. The third-order valence-electron chi connectivity index (χ3n) is 1.73. The van der Waals surface area contributed by atoms with Gasteiger partial charge in [-0.05, 0) is 18.6 Å². The lowest BCUT2D eigenvalue weighted by Crippen LogP contribution is -2.26. The summed E-state index contributed by atoms with van der Waals surface area (Å²) in [7, 11) is 0. The molecule has 0 saturated carbocycles. The first-order valence-corrected chi connectivity index (χ1v) is 4.77. The van der Waals surface area contributed by atoms with Gasteiger partial charge in [0, 0.05) is 11.0 Å². The van der Waals surface area contributed by atoms with Crippen molar-refractivity contribution < 1.29 is 4.39 Å². The van der Waals surface area contributed by atoms with Crippen molar-refractivity contribution in [3.63, 3.8) is 0 Å². The standard InChI is InChI=1S/C9H12FN5S/c1-4-2-7(16)6(3-5(4)10)14-9(13)15-8(11)12/h2-3,16H,1H3,(H6,11,12,13,14,15). The lowest BCUT2D eigenvalue weighted by Gasteiger charge is -2.03. The molecule has 0 saturated heterocycles. The highest BCUT2D eigenvalue weighted by atomic mass is 32.1. The predicted octanol–water partition coefficient (Wildman–Crippen LogP) is 0.642. The predicted molar refractivity (Wildman–Crippen MR) is 65.5 cm³/mol. The molecular weight excluding hydrogens is 229 g/mol. The van der Waals surface area contributed by atoms with Crippen LogP contribution in [0.4, 0.5) is 10.1 Å². The fraction of sp³-hybridized carbons (Fsp3) is 0.111. The average molecular weight is 241 g/mol. The highest BCUT2D eigenvalue weighted by Gasteiger charge is 2.04. The summed E-state index contributed by atoms with van der Waals surface area (Å²) in [5, 5.41) is 0. The van der Waals surface area contributed by atoms with Gasteiger partial charge in [0.25, 0.3) is 0 Å². The molecule has 16 heavy (non-hydrogen) atoms. The van der Waals surface area contributed by atoms with Crippen molar-refractivity contribution in [2.45, 2.75) is 11.8 Å². The van der Waals surface area contributed by atoms with Gasteiger partial charge in [0.1, 0.15) is 5.82 Å². The first kappa shape index (κ1) is 12.3. The highest BCUT2D eigenvalue weighted by Crippen LogP contribution is 2.26. The van der Waals surface area contributed by atoms with E-state index in [1.807, 2.05) is 0 Å². The maximum Gasteiger partial charge on any atom is 0.223 e. The second-order valence-corrected chi connectivity index (χ2v) is 3.58. The Kier molecular flexibility index (Phi) is 3.73. The van der Waals surface area contributed by atoms with E-state index in [1.54, 1.807) is 13.0 Å². The zero-order valence-electron chi connectivity index (χ0n) is 8.61. The van der Waals surface area contributed by atoms with E-state index in [9.17, 15) is 4.39 Å². The van der Waals surface area contributed by atoms with Crippen LogP contribution in [-0.4, -0.2) is 11.9 Å². The number of thiol groups is 1. The van der Waals surface area contributed by atoms with Crippen LogP contribution >= 0.6 is 12.6 Å². The van der Waals surface area contributed by atoms with Gasteiger partial charge >= 0.3 is 0 Å². The molecule has 0 bridgehead atoms. The van der Waals surface area contributed by atoms with Crippen LogP contribution in [0.5, 0.6) is 0 Å². The van der Waals surface area contributed by atoms with Crippen LogP contribution in [0.2, 0.25) is 0 Å². The fourth-order valence-electron chi connectivity index (χ4n) is 1.03. The topological polar surface area (TPSA) is 103 Å². The maximum absolute atomic E-state index is 13.2. The molecule has 0 aliphatic heterocycles. The summed E-state index contributed by atoms with van der Waals surface area (Å²) in [6.07, 6.45) is 0. The van der Waals surface area contributed by atoms with Crippen LogP contribution in [0.15, 0.2) is 27.0 Å². The third-order valence-corrected chi connectivity index (χ3v) is 2.09. The number of nitrogens with zero attached hydrogens (tertiary/aromatic N) is 2. The summed E-state index contributed by atoms with van der Waals surface area (Å²) in [6.45, 7) is 1.63. The van der Waals surface area contributed by atoms with E-state index in [2.05, 4.69) is 22.6 Å². The molecule has 0 unspecified atom stereocenters. The van der Waals surface area contributed by atoms with Crippen LogP contribution < -0.4 is 17.2 Å². The summed E-state index contributed by atoms with van der Waals surface area (Å²) >= 11 is 4.14. The Morgan fingerprint density at radius 1 is 1.31 bits per heavy atom. The average Bonchev–Trinajstić information content (AvgIpc) is 2.12. The monoisotopic (exact) mass is 241 g/mol. The van der Waals surface area contributed by atoms with Crippen LogP contribution in [0.1, 0.15) is 5.56 Å². The molecule has 0 heterocycles. The van der Waals surface area contributed by atoms with E-state index in [-0.39, 0.29) is 17.6 Å². The molecule has 5 nitrogen and oxygen atoms in total. The van der Waals surface area contributed by atoms with Gasteiger partial charge < -0.3 is 17.2 Å². The zero-order valence-corrected chi connectivity index (χ0v) is 9.50. The Morgan fingerprint density at radius 2 is 1.94 bits per heavy atom. The molecule has 0 radical (unpaired) electrons. The Labute approximate surface area is 97.7 Å². The number of benzene rings is 1. The minimum atomic E-state index is -0.394. The first-order chi connectivity index (χ1) is 7.40. The van der Waals surface area contributed by atoms with Crippen molar-refractivity contribution in [2.24, 2.45) is 27.2 Å². The summed E-state index contributed by atoms with van der Waals surface area (Å²) in [5.74, 6) is -0.762. The second-order valence-electron chi connectivity index (χ2n) is 3.10. The van der Waals surface area contributed by atoms with Gasteiger partial charge in [0.2, 0.25) is 5.96 Å². The number of hydrogen-bond acceptors (Lipinski definition) is 2. The Morgan fingerprint density at radius 3 is 2.50 bits per heavy atom. The Bertz CT molecular complexity index is 465. The van der Waals surface area contributed by atoms with Crippen molar-refractivity contribution in [2.75, 3.05) is 0 Å². The lowest BCUT2D eigenvalue weighted by molar-refractivity contribution is 0.617. The molecule has 0 fully saturated rings. The van der Waals surface area contributed by atoms with Gasteiger partial charge in [-0.25, -0.2) is 9.38 Å². The van der Waals surface area contributed by atoms with Gasteiger partial charge in [-0.3, -0.25) is 0 Å². The van der Waals surface area contributed by atoms with Gasteiger partial charge in [-0.15, -0.1) is 12.6 Å². The summed E-state index contributed by atoms with van der Waals surface area (Å²) in [4.78, 5) is 7.83. The smallest absolute Gasteiger partial charge is 0.223 e. The SMILES string of the molecule is Cc1cc(S)c(N=C(N)N=C(N)N)cc1F. The van der Waals surface area contributed by atoms with E-state index in [1.165, 1.54) is 6.07 Å². The molecule has 0 atom stereocenters. The summed E-state index contributed by atoms with van der Waals surface area (Å²) < 4.78 is 13.2. The zero-order chi connectivity index (χ0) is 12.3. The van der Waals surface area contributed by atoms with Crippen molar-refractivity contribution in [3.05, 3.63) is 23.5 Å². The van der Waals surface area contributed by atoms with Crippen LogP contribution in [0.25, 0.3) is 0 Å². The van der Waals surface area contributed by atoms with E-state index >= 15 is 0 Å². The fourth-order valence-corrected chi connectivity index (χ4v) is 1.33. The molecule has 0 aliphatic carbocycles. The number of hydrogen-bond donors (Lipinski definition) is 4. The van der Waals surface area contributed by atoms with E-state index in [4.69, 9.17) is 17.2 Å². The first-order valence-electron chi connectivity index (χ1n) is 4.33. The lowest BCUT2D eigenvalue weighted by atomic mass is 10.2. The molecule has 0 spiro atoms. The summed E-state index contributed by atoms with van der Waals surface area (Å²) in [6, 6.07) is 2.76. The second kappa shape index (κ2) is 4.84. The largest absolute Gasteiger partial charge is 0.370 e. The number of aliphatic imine (C=N–C) groups is 2. The summed E-state index contributed by atoms with van der Waals surface area (Å²) in [5.41, 5.74) is 16.4. The molecule has 1 rings (SSSR count). The van der Waals surface area contributed by atoms with Crippen molar-refractivity contribution >= 4 is 30.2 Å². The number of halogens is 1. The van der Waals surface area contributed by atoms with E-state index in [0.717, 1.165) is 0 Å². The number of guanidine groups is 2. The molecule has 7 heteroatoms. The third kappa shape index (κ3) is 3.13. The molecule has 1 aromatic rings.